The minimum Gasteiger partial charge on any atom is -0.357 e. The van der Waals surface area contributed by atoms with E-state index in [1.165, 1.54) is 11.1 Å². The molecule has 1 aromatic carbocycles. The fourth-order valence-electron chi connectivity index (χ4n) is 3.36. The van der Waals surface area contributed by atoms with Gasteiger partial charge in [0.1, 0.15) is 0 Å². The first kappa shape index (κ1) is 23.2. The summed E-state index contributed by atoms with van der Waals surface area (Å²) in [6, 6.07) is 10.3. The number of carbonyl (C=O) groups excluding carboxylic acids is 1. The highest BCUT2D eigenvalue weighted by atomic mass is 127. The second-order valence-corrected chi connectivity index (χ2v) is 6.93. The Morgan fingerprint density at radius 3 is 2.72 bits per heavy atom. The number of amides is 1. The van der Waals surface area contributed by atoms with Gasteiger partial charge in [-0.15, -0.1) is 24.0 Å². The Labute approximate surface area is 190 Å². The van der Waals surface area contributed by atoms with Crippen molar-refractivity contribution in [1.82, 2.24) is 25.3 Å². The van der Waals surface area contributed by atoms with Gasteiger partial charge in [0.15, 0.2) is 5.96 Å². The van der Waals surface area contributed by atoms with E-state index in [1.54, 1.807) is 6.20 Å². The summed E-state index contributed by atoms with van der Waals surface area (Å²) >= 11 is 0. The van der Waals surface area contributed by atoms with Crippen molar-refractivity contribution in [1.29, 1.82) is 0 Å². The van der Waals surface area contributed by atoms with Crippen LogP contribution in [0.4, 0.5) is 0 Å². The highest BCUT2D eigenvalue weighted by Crippen LogP contribution is 2.12. The van der Waals surface area contributed by atoms with Gasteiger partial charge < -0.3 is 15.5 Å². The molecule has 0 radical (unpaired) electrons. The molecule has 0 unspecified atom stereocenters. The molecule has 2 heterocycles. The van der Waals surface area contributed by atoms with Gasteiger partial charge in [0.25, 0.3) is 0 Å². The molecule has 0 bridgehead atoms. The summed E-state index contributed by atoms with van der Waals surface area (Å²) in [4.78, 5) is 18.4. The number of nitrogens with one attached hydrogen (secondary N) is 2. The van der Waals surface area contributed by atoms with Gasteiger partial charge in [-0.1, -0.05) is 24.3 Å². The molecule has 8 heteroatoms. The average molecular weight is 510 g/mol. The average Bonchev–Trinajstić information content (AvgIpc) is 3.36. The molecule has 7 nitrogen and oxygen atoms in total. The van der Waals surface area contributed by atoms with Crippen LogP contribution in [0.15, 0.2) is 47.7 Å². The summed E-state index contributed by atoms with van der Waals surface area (Å²) in [7, 11) is 0. The van der Waals surface area contributed by atoms with Crippen LogP contribution in [0.25, 0.3) is 0 Å². The van der Waals surface area contributed by atoms with Gasteiger partial charge in [0, 0.05) is 45.0 Å². The van der Waals surface area contributed by atoms with Crippen LogP contribution in [0.1, 0.15) is 37.3 Å². The molecule has 29 heavy (non-hydrogen) atoms. The smallest absolute Gasteiger partial charge is 0.222 e. The maximum absolute atomic E-state index is 11.7. The molecule has 1 amide bonds. The van der Waals surface area contributed by atoms with Crippen LogP contribution in [0.3, 0.4) is 0 Å². The molecule has 2 N–H and O–H groups in total. The lowest BCUT2D eigenvalue weighted by molar-refractivity contribution is -0.127. The highest BCUT2D eigenvalue weighted by Gasteiger charge is 2.18. The molecule has 0 atom stereocenters. The first-order chi connectivity index (χ1) is 13.8. The third kappa shape index (κ3) is 7.34. The SMILES string of the molecule is CCNC(=NCc1ccccc1Cn1cccn1)NCCCN1CCCC1=O.I. The van der Waals surface area contributed by atoms with E-state index in [0.29, 0.717) is 13.0 Å². The van der Waals surface area contributed by atoms with Crippen LogP contribution in [0.2, 0.25) is 0 Å². The number of halogens is 1. The first-order valence-corrected chi connectivity index (χ1v) is 10.1. The molecule has 2 aromatic rings. The van der Waals surface area contributed by atoms with Crippen molar-refractivity contribution < 1.29 is 4.79 Å². The molecule has 0 saturated carbocycles. The van der Waals surface area contributed by atoms with E-state index in [2.05, 4.69) is 40.9 Å². The normalized spacial score (nSPS) is 14.0. The van der Waals surface area contributed by atoms with Gasteiger partial charge in [-0.2, -0.15) is 5.10 Å². The number of aromatic nitrogens is 2. The minimum absolute atomic E-state index is 0. The quantitative estimate of drug-likeness (QED) is 0.236. The Bertz CT molecular complexity index is 777. The number of likely N-dealkylation sites (tertiary alicyclic amines) is 1. The molecule has 158 valence electrons. The number of rotatable bonds is 9. The highest BCUT2D eigenvalue weighted by molar-refractivity contribution is 14.0. The molecule has 1 fully saturated rings. The van der Waals surface area contributed by atoms with Crippen LogP contribution in [-0.2, 0) is 17.9 Å². The molecule has 1 saturated heterocycles. The number of aliphatic imine (C=N–C) groups is 1. The van der Waals surface area contributed by atoms with Crippen molar-refractivity contribution in [3.63, 3.8) is 0 Å². The van der Waals surface area contributed by atoms with Crippen molar-refractivity contribution in [3.8, 4) is 0 Å². The standard InChI is InChI=1S/C21H30N6O.HI/c1-2-22-21(23-11-6-14-26-13-5-10-20(26)28)24-16-18-8-3-4-9-19(18)17-27-15-7-12-25-27;/h3-4,7-9,12,15H,2,5-6,10-11,13-14,16-17H2,1H3,(H2,22,23,24);1H. The van der Waals surface area contributed by atoms with Gasteiger partial charge in [0.2, 0.25) is 5.91 Å². The van der Waals surface area contributed by atoms with E-state index < -0.39 is 0 Å². The summed E-state index contributed by atoms with van der Waals surface area (Å²) in [5, 5.41) is 11.0. The molecular weight excluding hydrogens is 479 g/mol. The lowest BCUT2D eigenvalue weighted by atomic mass is 10.1. The van der Waals surface area contributed by atoms with Crippen LogP contribution in [0.5, 0.6) is 0 Å². The molecule has 1 aliphatic rings. The van der Waals surface area contributed by atoms with Crippen molar-refractivity contribution in [2.75, 3.05) is 26.2 Å². The van der Waals surface area contributed by atoms with Crippen molar-refractivity contribution in [2.45, 2.75) is 39.3 Å². The summed E-state index contributed by atoms with van der Waals surface area (Å²) in [6.07, 6.45) is 6.39. The Morgan fingerprint density at radius 2 is 2.03 bits per heavy atom. The lowest BCUT2D eigenvalue weighted by Crippen LogP contribution is -2.39. The van der Waals surface area contributed by atoms with Crippen molar-refractivity contribution in [2.24, 2.45) is 4.99 Å². The van der Waals surface area contributed by atoms with Gasteiger partial charge in [0.05, 0.1) is 13.1 Å². The predicted molar refractivity (Wildman–Crippen MR) is 126 cm³/mol. The second kappa shape index (κ2) is 12.5. The van der Waals surface area contributed by atoms with E-state index in [0.717, 1.165) is 51.5 Å². The lowest BCUT2D eigenvalue weighted by Gasteiger charge is -2.16. The van der Waals surface area contributed by atoms with Crippen molar-refractivity contribution >= 4 is 35.8 Å². The summed E-state index contributed by atoms with van der Waals surface area (Å²) in [5.74, 6) is 1.10. The van der Waals surface area contributed by atoms with Crippen molar-refractivity contribution in [3.05, 3.63) is 53.9 Å². The topological polar surface area (TPSA) is 74.6 Å². The zero-order valence-electron chi connectivity index (χ0n) is 17.0. The number of nitrogens with zero attached hydrogens (tertiary/aromatic N) is 4. The van der Waals surface area contributed by atoms with E-state index in [-0.39, 0.29) is 29.9 Å². The minimum atomic E-state index is 0. The third-order valence-electron chi connectivity index (χ3n) is 4.83. The number of hydrogen-bond acceptors (Lipinski definition) is 3. The van der Waals surface area contributed by atoms with E-state index in [9.17, 15) is 4.79 Å². The number of guanidine groups is 1. The zero-order chi connectivity index (χ0) is 19.6. The van der Waals surface area contributed by atoms with E-state index >= 15 is 0 Å². The van der Waals surface area contributed by atoms with Gasteiger partial charge >= 0.3 is 0 Å². The number of benzene rings is 1. The first-order valence-electron chi connectivity index (χ1n) is 10.1. The Hall–Kier alpha value is -2.10. The van der Waals surface area contributed by atoms with Gasteiger partial charge in [-0.05, 0) is 37.0 Å². The van der Waals surface area contributed by atoms with Crippen LogP contribution >= 0.6 is 24.0 Å². The zero-order valence-corrected chi connectivity index (χ0v) is 19.3. The van der Waals surface area contributed by atoms with Crippen LogP contribution < -0.4 is 10.6 Å². The monoisotopic (exact) mass is 510 g/mol. The molecule has 1 aromatic heterocycles. The maximum atomic E-state index is 11.7. The Balaban J connectivity index is 0.00000300. The molecule has 3 rings (SSSR count). The second-order valence-electron chi connectivity index (χ2n) is 6.93. The Kier molecular flexibility index (Phi) is 9.96. The fraction of sp³-hybridized carbons (Fsp3) is 0.476. The molecule has 0 spiro atoms. The summed E-state index contributed by atoms with van der Waals surface area (Å²) in [6.45, 7) is 6.74. The third-order valence-corrected chi connectivity index (χ3v) is 4.83. The fourth-order valence-corrected chi connectivity index (χ4v) is 3.36. The predicted octanol–water partition coefficient (Wildman–Crippen LogP) is 2.62. The largest absolute Gasteiger partial charge is 0.357 e. The van der Waals surface area contributed by atoms with Gasteiger partial charge in [-0.3, -0.25) is 9.48 Å². The summed E-state index contributed by atoms with van der Waals surface area (Å²) < 4.78 is 1.92. The molecule has 0 aliphatic carbocycles. The summed E-state index contributed by atoms with van der Waals surface area (Å²) in [5.41, 5.74) is 2.41. The van der Waals surface area contributed by atoms with E-state index in [4.69, 9.17) is 4.99 Å². The molecular formula is C21H31IN6O. The Morgan fingerprint density at radius 1 is 1.21 bits per heavy atom. The van der Waals surface area contributed by atoms with Crippen LogP contribution in [0, 0.1) is 0 Å². The maximum Gasteiger partial charge on any atom is 0.222 e. The van der Waals surface area contributed by atoms with Gasteiger partial charge in [-0.25, -0.2) is 4.99 Å². The number of hydrogen-bond donors (Lipinski definition) is 2. The number of carbonyl (C=O) groups is 1. The van der Waals surface area contributed by atoms with E-state index in [1.807, 2.05) is 27.9 Å². The van der Waals surface area contributed by atoms with Crippen LogP contribution in [-0.4, -0.2) is 52.7 Å². The molecule has 1 aliphatic heterocycles.